The lowest BCUT2D eigenvalue weighted by Gasteiger charge is -2.06. The molecule has 8 nitrogen and oxygen atoms in total. The van der Waals surface area contributed by atoms with Gasteiger partial charge in [0.15, 0.2) is 17.2 Å². The second-order valence-electron chi connectivity index (χ2n) is 6.43. The molecule has 0 radical (unpaired) electrons. The molecule has 3 aromatic rings. The molecular formula is C21H20N4O4. The summed E-state index contributed by atoms with van der Waals surface area (Å²) in [7, 11) is 0. The summed E-state index contributed by atoms with van der Waals surface area (Å²) < 4.78 is 1.35. The fourth-order valence-electron chi connectivity index (χ4n) is 2.60. The van der Waals surface area contributed by atoms with E-state index in [-0.39, 0.29) is 30.1 Å². The van der Waals surface area contributed by atoms with Gasteiger partial charge in [-0.15, -0.1) is 0 Å². The number of hydrogen-bond donors (Lipinski definition) is 3. The number of amides is 2. The summed E-state index contributed by atoms with van der Waals surface area (Å²) in [5.74, 6) is -1.78. The molecule has 2 amide bonds. The molecule has 0 saturated carbocycles. The van der Waals surface area contributed by atoms with Gasteiger partial charge in [0.1, 0.15) is 0 Å². The molecule has 2 aromatic carbocycles. The van der Waals surface area contributed by atoms with E-state index in [9.17, 15) is 19.5 Å². The van der Waals surface area contributed by atoms with E-state index >= 15 is 0 Å². The third-order valence-electron chi connectivity index (χ3n) is 4.20. The molecule has 0 spiro atoms. The van der Waals surface area contributed by atoms with Crippen LogP contribution in [0, 0.1) is 6.92 Å². The Labute approximate surface area is 167 Å². The van der Waals surface area contributed by atoms with Crippen molar-refractivity contribution in [3.63, 3.8) is 0 Å². The lowest BCUT2D eigenvalue weighted by Crippen LogP contribution is -2.41. The molecule has 29 heavy (non-hydrogen) atoms. The van der Waals surface area contributed by atoms with Crippen LogP contribution in [0.5, 0.6) is 5.75 Å². The van der Waals surface area contributed by atoms with E-state index in [4.69, 9.17) is 0 Å². The topological polar surface area (TPSA) is 113 Å². The molecule has 0 aliphatic heterocycles. The summed E-state index contributed by atoms with van der Waals surface area (Å²) in [4.78, 5) is 36.2. The van der Waals surface area contributed by atoms with Crippen LogP contribution in [-0.2, 0) is 4.79 Å². The second kappa shape index (κ2) is 8.83. The first kappa shape index (κ1) is 19.8. The summed E-state index contributed by atoms with van der Waals surface area (Å²) in [5.41, 5.74) is 6.42. The number of carbonyl (C=O) groups is 3. The van der Waals surface area contributed by atoms with E-state index in [2.05, 4.69) is 16.0 Å². The Kier molecular flexibility index (Phi) is 6.03. The number of hydrazine groups is 1. The van der Waals surface area contributed by atoms with Crippen molar-refractivity contribution in [2.45, 2.75) is 19.8 Å². The molecule has 3 N–H and O–H groups in total. The van der Waals surface area contributed by atoms with Gasteiger partial charge in [0, 0.05) is 18.4 Å². The summed E-state index contributed by atoms with van der Waals surface area (Å²) in [5, 5.41) is 14.0. The highest BCUT2D eigenvalue weighted by molar-refractivity contribution is 5.99. The summed E-state index contributed by atoms with van der Waals surface area (Å²) in [6, 6.07) is 16.0. The first-order chi connectivity index (χ1) is 13.9. The molecule has 8 heteroatoms. The molecule has 0 atom stereocenters. The van der Waals surface area contributed by atoms with Crippen LogP contribution in [-0.4, -0.2) is 32.5 Å². The number of nitrogens with zero attached hydrogens (tertiary/aromatic N) is 2. The molecule has 0 aliphatic rings. The van der Waals surface area contributed by atoms with E-state index in [0.717, 1.165) is 5.56 Å². The van der Waals surface area contributed by atoms with Gasteiger partial charge < -0.3 is 5.11 Å². The minimum absolute atomic E-state index is 0.0125. The summed E-state index contributed by atoms with van der Waals surface area (Å²) in [6.45, 7) is 1.92. The van der Waals surface area contributed by atoms with E-state index in [1.165, 1.54) is 10.9 Å². The van der Waals surface area contributed by atoms with Gasteiger partial charge in [-0.2, -0.15) is 5.10 Å². The normalized spacial score (nSPS) is 10.4. The fourth-order valence-corrected chi connectivity index (χ4v) is 2.60. The van der Waals surface area contributed by atoms with Crippen molar-refractivity contribution in [1.29, 1.82) is 0 Å². The zero-order chi connectivity index (χ0) is 20.8. The van der Waals surface area contributed by atoms with E-state index in [1.54, 1.807) is 36.4 Å². The molecule has 0 aliphatic carbocycles. The Hall–Kier alpha value is -3.94. The van der Waals surface area contributed by atoms with Crippen LogP contribution in [0.3, 0.4) is 0 Å². The maximum absolute atomic E-state index is 12.2. The summed E-state index contributed by atoms with van der Waals surface area (Å²) >= 11 is 0. The van der Waals surface area contributed by atoms with Crippen LogP contribution in [0.4, 0.5) is 0 Å². The monoisotopic (exact) mass is 392 g/mol. The number of ketones is 1. The number of aryl methyl sites for hydroxylation is 1. The Morgan fingerprint density at radius 1 is 0.966 bits per heavy atom. The molecule has 1 aromatic heterocycles. The Bertz CT molecular complexity index is 1030. The van der Waals surface area contributed by atoms with Crippen molar-refractivity contribution >= 4 is 17.6 Å². The molecule has 0 unspecified atom stereocenters. The van der Waals surface area contributed by atoms with Crippen LogP contribution < -0.4 is 10.9 Å². The lowest BCUT2D eigenvalue weighted by molar-refractivity contribution is -0.121. The molecule has 3 rings (SSSR count). The first-order valence-electron chi connectivity index (χ1n) is 8.97. The maximum Gasteiger partial charge on any atom is 0.294 e. The Morgan fingerprint density at radius 2 is 1.66 bits per heavy atom. The van der Waals surface area contributed by atoms with Crippen molar-refractivity contribution in [2.75, 3.05) is 0 Å². The average molecular weight is 392 g/mol. The van der Waals surface area contributed by atoms with E-state index in [0.29, 0.717) is 11.3 Å². The van der Waals surface area contributed by atoms with Gasteiger partial charge in [0.2, 0.25) is 5.91 Å². The average Bonchev–Trinajstić information content (AvgIpc) is 3.13. The number of aromatic nitrogens is 2. The lowest BCUT2D eigenvalue weighted by atomic mass is 10.1. The number of aromatic hydroxyl groups is 1. The quantitative estimate of drug-likeness (QED) is 0.440. The zero-order valence-electron chi connectivity index (χ0n) is 15.8. The molecule has 0 saturated heterocycles. The van der Waals surface area contributed by atoms with Gasteiger partial charge in [0.25, 0.3) is 5.91 Å². The first-order valence-corrected chi connectivity index (χ1v) is 8.97. The van der Waals surface area contributed by atoms with E-state index < -0.39 is 11.8 Å². The number of nitrogens with one attached hydrogen (secondary N) is 2. The van der Waals surface area contributed by atoms with Gasteiger partial charge in [-0.3, -0.25) is 25.2 Å². The van der Waals surface area contributed by atoms with Crippen molar-refractivity contribution in [3.8, 4) is 11.4 Å². The molecule has 0 fully saturated rings. The standard InChI is InChI=1S/C21H20N4O4/c1-14-7-9-15(10-8-14)17(26)11-12-19(28)22-23-21(29)20-18(27)13-25(24-20)16-5-3-2-4-6-16/h2-10,13,27H,11-12H2,1H3,(H,22,28)(H,23,29). The number of rotatable bonds is 6. The number of carbonyl (C=O) groups excluding carboxylic acids is 3. The van der Waals surface area contributed by atoms with Gasteiger partial charge in [-0.25, -0.2) is 4.68 Å². The molecule has 148 valence electrons. The van der Waals surface area contributed by atoms with Gasteiger partial charge >= 0.3 is 0 Å². The maximum atomic E-state index is 12.2. The minimum atomic E-state index is -0.768. The van der Waals surface area contributed by atoms with Crippen LogP contribution in [0.1, 0.15) is 39.3 Å². The second-order valence-corrected chi connectivity index (χ2v) is 6.43. The van der Waals surface area contributed by atoms with Crippen LogP contribution in [0.2, 0.25) is 0 Å². The Balaban J connectivity index is 1.51. The van der Waals surface area contributed by atoms with Crippen molar-refractivity contribution in [2.24, 2.45) is 0 Å². The van der Waals surface area contributed by atoms with Crippen LogP contribution in [0.15, 0.2) is 60.8 Å². The van der Waals surface area contributed by atoms with Crippen molar-refractivity contribution in [1.82, 2.24) is 20.6 Å². The summed E-state index contributed by atoms with van der Waals surface area (Å²) in [6.07, 6.45) is 1.22. The smallest absolute Gasteiger partial charge is 0.294 e. The SMILES string of the molecule is Cc1ccc(C(=O)CCC(=O)NNC(=O)c2nn(-c3ccccc3)cc2O)cc1. The third-order valence-corrected chi connectivity index (χ3v) is 4.20. The van der Waals surface area contributed by atoms with E-state index in [1.807, 2.05) is 25.1 Å². The highest BCUT2D eigenvalue weighted by atomic mass is 16.3. The highest BCUT2D eigenvalue weighted by Crippen LogP contribution is 2.17. The van der Waals surface area contributed by atoms with Crippen molar-refractivity contribution < 1.29 is 19.5 Å². The largest absolute Gasteiger partial charge is 0.504 e. The minimum Gasteiger partial charge on any atom is -0.504 e. The predicted molar refractivity (Wildman–Crippen MR) is 106 cm³/mol. The number of benzene rings is 2. The van der Waals surface area contributed by atoms with Crippen LogP contribution in [0.25, 0.3) is 5.69 Å². The molecular weight excluding hydrogens is 372 g/mol. The molecule has 0 bridgehead atoms. The highest BCUT2D eigenvalue weighted by Gasteiger charge is 2.18. The Morgan fingerprint density at radius 3 is 2.34 bits per heavy atom. The number of Topliss-reactive ketones (excluding diaryl/α,β-unsaturated/α-hetero) is 1. The zero-order valence-corrected chi connectivity index (χ0v) is 15.8. The van der Waals surface area contributed by atoms with Gasteiger partial charge in [-0.1, -0.05) is 48.0 Å². The fraction of sp³-hybridized carbons (Fsp3) is 0.143. The van der Waals surface area contributed by atoms with Gasteiger partial charge in [-0.05, 0) is 19.1 Å². The predicted octanol–water partition coefficient (Wildman–Crippen LogP) is 2.31. The number of hydrogen-bond acceptors (Lipinski definition) is 5. The van der Waals surface area contributed by atoms with Gasteiger partial charge in [0.05, 0.1) is 11.9 Å². The molecule has 1 heterocycles. The number of para-hydroxylation sites is 1. The van der Waals surface area contributed by atoms with Crippen LogP contribution >= 0.6 is 0 Å². The third kappa shape index (κ3) is 5.07. The van der Waals surface area contributed by atoms with Crippen molar-refractivity contribution in [3.05, 3.63) is 77.6 Å².